The Bertz CT molecular complexity index is 834. The molecule has 0 saturated carbocycles. The molecule has 1 N–H and O–H groups in total. The first-order valence-corrected chi connectivity index (χ1v) is 6.66. The summed E-state index contributed by atoms with van der Waals surface area (Å²) in [7, 11) is 1.77. The third kappa shape index (κ3) is 1.47. The van der Waals surface area contributed by atoms with Gasteiger partial charge in [-0.3, -0.25) is 9.69 Å². The van der Waals surface area contributed by atoms with Crippen LogP contribution in [-0.4, -0.2) is 33.6 Å². The van der Waals surface area contributed by atoms with Crippen LogP contribution in [0.25, 0.3) is 17.0 Å². The first-order valence-electron chi connectivity index (χ1n) is 6.66. The Balaban J connectivity index is 2.03. The van der Waals surface area contributed by atoms with E-state index in [-0.39, 0.29) is 12.5 Å². The van der Waals surface area contributed by atoms with Crippen molar-refractivity contribution in [1.29, 1.82) is 0 Å². The van der Waals surface area contributed by atoms with Gasteiger partial charge in [0.2, 0.25) is 5.91 Å². The SMILES string of the molecule is CN1C(=O)Cn2c3c(c4cccc1c42)CN(C(=O)O)C=C3. The van der Waals surface area contributed by atoms with E-state index in [1.54, 1.807) is 24.2 Å². The third-order valence-corrected chi connectivity index (χ3v) is 4.23. The van der Waals surface area contributed by atoms with Gasteiger partial charge in [0.15, 0.2) is 0 Å². The van der Waals surface area contributed by atoms with E-state index >= 15 is 0 Å². The number of carbonyl (C=O) groups excluding carboxylic acids is 1. The minimum absolute atomic E-state index is 0.0301. The molecule has 0 aliphatic carbocycles. The number of nitrogens with zero attached hydrogens (tertiary/aromatic N) is 3. The number of para-hydroxylation sites is 1. The molecular formula is C15H13N3O3. The summed E-state index contributed by atoms with van der Waals surface area (Å²) in [5, 5.41) is 10.2. The number of rotatable bonds is 0. The summed E-state index contributed by atoms with van der Waals surface area (Å²) in [6.07, 6.45) is 2.35. The van der Waals surface area contributed by atoms with Crippen LogP contribution in [0.2, 0.25) is 0 Å². The topological polar surface area (TPSA) is 65.8 Å². The maximum absolute atomic E-state index is 12.1. The number of likely N-dealkylation sites (N-methyl/N-ethyl adjacent to an activating group) is 1. The van der Waals surface area contributed by atoms with E-state index in [1.165, 1.54) is 4.90 Å². The van der Waals surface area contributed by atoms with Crippen LogP contribution >= 0.6 is 0 Å². The summed E-state index contributed by atoms with van der Waals surface area (Å²) in [5.74, 6) is 0.0301. The van der Waals surface area contributed by atoms with Crippen LogP contribution in [0.5, 0.6) is 0 Å². The number of hydrogen-bond acceptors (Lipinski definition) is 2. The van der Waals surface area contributed by atoms with Gasteiger partial charge >= 0.3 is 6.09 Å². The van der Waals surface area contributed by atoms with E-state index in [4.69, 9.17) is 5.11 Å². The fraction of sp³-hybridized carbons (Fsp3) is 0.200. The van der Waals surface area contributed by atoms with Crippen LogP contribution < -0.4 is 4.90 Å². The Labute approximate surface area is 120 Å². The number of hydrogen-bond donors (Lipinski definition) is 1. The van der Waals surface area contributed by atoms with Crippen LogP contribution in [0.15, 0.2) is 24.4 Å². The smallest absolute Gasteiger partial charge is 0.411 e. The number of aromatic nitrogens is 1. The lowest BCUT2D eigenvalue weighted by molar-refractivity contribution is -0.119. The van der Waals surface area contributed by atoms with E-state index in [0.717, 1.165) is 27.8 Å². The molecule has 1 aromatic carbocycles. The van der Waals surface area contributed by atoms with E-state index in [2.05, 4.69) is 0 Å². The molecule has 106 valence electrons. The van der Waals surface area contributed by atoms with Crippen molar-refractivity contribution in [2.45, 2.75) is 13.1 Å². The average molecular weight is 283 g/mol. The van der Waals surface area contributed by atoms with Gasteiger partial charge in [0.05, 0.1) is 17.7 Å². The van der Waals surface area contributed by atoms with Crippen molar-refractivity contribution in [3.63, 3.8) is 0 Å². The van der Waals surface area contributed by atoms with Gasteiger partial charge in [0.1, 0.15) is 6.54 Å². The Morgan fingerprint density at radius 2 is 2.10 bits per heavy atom. The first kappa shape index (κ1) is 12.0. The Hall–Kier alpha value is -2.76. The summed E-state index contributed by atoms with van der Waals surface area (Å²) in [5.41, 5.74) is 3.76. The molecule has 4 rings (SSSR count). The van der Waals surface area contributed by atoms with Crippen molar-refractivity contribution in [3.05, 3.63) is 35.7 Å². The molecule has 3 heterocycles. The van der Waals surface area contributed by atoms with E-state index in [1.807, 2.05) is 22.8 Å². The van der Waals surface area contributed by atoms with Crippen molar-refractivity contribution in [1.82, 2.24) is 9.47 Å². The predicted octanol–water partition coefficient (Wildman–Crippen LogP) is 2.08. The second-order valence-corrected chi connectivity index (χ2v) is 5.30. The second kappa shape index (κ2) is 3.88. The van der Waals surface area contributed by atoms with E-state index in [9.17, 15) is 9.59 Å². The van der Waals surface area contributed by atoms with Gasteiger partial charge < -0.3 is 14.6 Å². The molecular weight excluding hydrogens is 270 g/mol. The standard InChI is InChI=1S/C15H13N3O3/c1-16-12-4-2-3-9-10-7-17(15(20)21)6-5-11(10)18(14(9)12)8-13(16)19/h2-6H,7-8H2,1H3,(H,20,21). The summed E-state index contributed by atoms with van der Waals surface area (Å²) in [4.78, 5) is 26.2. The molecule has 0 unspecified atom stereocenters. The number of fused-ring (bicyclic) bond motifs is 3. The van der Waals surface area contributed by atoms with Crippen LogP contribution in [0, 0.1) is 0 Å². The van der Waals surface area contributed by atoms with Crippen LogP contribution in [-0.2, 0) is 17.9 Å². The number of amides is 2. The highest BCUT2D eigenvalue weighted by Gasteiger charge is 2.29. The fourth-order valence-electron chi connectivity index (χ4n) is 3.16. The average Bonchev–Trinajstić information content (AvgIpc) is 2.79. The van der Waals surface area contributed by atoms with Gasteiger partial charge in [0.25, 0.3) is 0 Å². The highest BCUT2D eigenvalue weighted by atomic mass is 16.4. The van der Waals surface area contributed by atoms with Crippen molar-refractivity contribution < 1.29 is 14.7 Å². The summed E-state index contributed by atoms with van der Waals surface area (Å²) in [6.45, 7) is 0.600. The lowest BCUT2D eigenvalue weighted by atomic mass is 10.1. The zero-order valence-electron chi connectivity index (χ0n) is 11.4. The molecule has 2 aromatic rings. The summed E-state index contributed by atoms with van der Waals surface area (Å²) in [6, 6.07) is 5.80. The molecule has 0 atom stereocenters. The fourth-order valence-corrected chi connectivity index (χ4v) is 3.16. The Morgan fingerprint density at radius 1 is 1.29 bits per heavy atom. The number of carboxylic acid groups (broad SMARTS) is 1. The highest BCUT2D eigenvalue weighted by molar-refractivity contribution is 6.08. The number of carbonyl (C=O) groups is 2. The largest absolute Gasteiger partial charge is 0.465 e. The Kier molecular flexibility index (Phi) is 2.22. The maximum Gasteiger partial charge on any atom is 0.411 e. The lowest BCUT2D eigenvalue weighted by Crippen LogP contribution is -2.34. The van der Waals surface area contributed by atoms with Crippen molar-refractivity contribution in [3.8, 4) is 0 Å². The molecule has 0 fully saturated rings. The molecule has 21 heavy (non-hydrogen) atoms. The molecule has 6 nitrogen and oxygen atoms in total. The van der Waals surface area contributed by atoms with Crippen molar-refractivity contribution >= 4 is 34.7 Å². The Morgan fingerprint density at radius 3 is 2.86 bits per heavy atom. The molecule has 1 aromatic heterocycles. The van der Waals surface area contributed by atoms with Gasteiger partial charge in [-0.25, -0.2) is 4.79 Å². The molecule has 0 spiro atoms. The normalized spacial score (nSPS) is 16.5. The van der Waals surface area contributed by atoms with Crippen LogP contribution in [0.1, 0.15) is 11.3 Å². The van der Waals surface area contributed by atoms with Crippen molar-refractivity contribution in [2.75, 3.05) is 11.9 Å². The van der Waals surface area contributed by atoms with Gasteiger partial charge in [-0.05, 0) is 12.1 Å². The maximum atomic E-state index is 12.1. The zero-order chi connectivity index (χ0) is 14.7. The van der Waals surface area contributed by atoms with Crippen LogP contribution in [0.3, 0.4) is 0 Å². The lowest BCUT2D eigenvalue weighted by Gasteiger charge is -2.26. The van der Waals surface area contributed by atoms with Gasteiger partial charge in [-0.1, -0.05) is 12.1 Å². The first-order chi connectivity index (χ1) is 10.1. The van der Waals surface area contributed by atoms with E-state index in [0.29, 0.717) is 6.54 Å². The number of benzene rings is 1. The quantitative estimate of drug-likeness (QED) is 0.805. The zero-order valence-corrected chi connectivity index (χ0v) is 11.4. The van der Waals surface area contributed by atoms with Gasteiger partial charge in [-0.2, -0.15) is 0 Å². The third-order valence-electron chi connectivity index (χ3n) is 4.23. The second-order valence-electron chi connectivity index (χ2n) is 5.30. The summed E-state index contributed by atoms with van der Waals surface area (Å²) >= 11 is 0. The van der Waals surface area contributed by atoms with Gasteiger partial charge in [-0.15, -0.1) is 0 Å². The molecule has 0 saturated heterocycles. The molecule has 2 amide bonds. The molecule has 0 bridgehead atoms. The van der Waals surface area contributed by atoms with Crippen molar-refractivity contribution in [2.24, 2.45) is 0 Å². The van der Waals surface area contributed by atoms with Crippen LogP contribution in [0.4, 0.5) is 10.5 Å². The molecule has 2 aliphatic heterocycles. The molecule has 0 radical (unpaired) electrons. The molecule has 6 heteroatoms. The molecule has 2 aliphatic rings. The monoisotopic (exact) mass is 283 g/mol. The summed E-state index contributed by atoms with van der Waals surface area (Å²) < 4.78 is 1.98. The predicted molar refractivity (Wildman–Crippen MR) is 77.9 cm³/mol. The van der Waals surface area contributed by atoms with E-state index < -0.39 is 6.09 Å². The number of anilines is 1. The minimum Gasteiger partial charge on any atom is -0.465 e. The van der Waals surface area contributed by atoms with Gasteiger partial charge in [0, 0.05) is 29.9 Å². The highest BCUT2D eigenvalue weighted by Crippen LogP contribution is 2.38. The minimum atomic E-state index is -0.975.